The Morgan fingerprint density at radius 1 is 1.14 bits per heavy atom. The van der Waals surface area contributed by atoms with E-state index < -0.39 is 11.6 Å². The van der Waals surface area contributed by atoms with Crippen LogP contribution in [0.5, 0.6) is 0 Å². The summed E-state index contributed by atoms with van der Waals surface area (Å²) in [7, 11) is 0. The van der Waals surface area contributed by atoms with Gasteiger partial charge in [0.2, 0.25) is 0 Å². The van der Waals surface area contributed by atoms with Gasteiger partial charge in [-0.05, 0) is 48.7 Å². The number of hydrogen-bond acceptors (Lipinski definition) is 2. The Labute approximate surface area is 136 Å². The Morgan fingerprint density at radius 2 is 1.90 bits per heavy atom. The minimum Gasteiger partial charge on any atom is -0.327 e. The van der Waals surface area contributed by atoms with Crippen molar-refractivity contribution in [2.45, 2.75) is 35.6 Å². The zero-order valence-electron chi connectivity index (χ0n) is 11.6. The third kappa shape index (κ3) is 4.53. The van der Waals surface area contributed by atoms with Crippen LogP contribution in [0.3, 0.4) is 0 Å². The van der Waals surface area contributed by atoms with Gasteiger partial charge >= 0.3 is 0 Å². The second kappa shape index (κ2) is 7.38. The van der Waals surface area contributed by atoms with Gasteiger partial charge in [-0.25, -0.2) is 8.78 Å². The van der Waals surface area contributed by atoms with Crippen LogP contribution in [0.4, 0.5) is 8.78 Å². The van der Waals surface area contributed by atoms with Crippen LogP contribution in [0.25, 0.3) is 0 Å². The predicted molar refractivity (Wildman–Crippen MR) is 86.6 cm³/mol. The van der Waals surface area contributed by atoms with Gasteiger partial charge in [-0.1, -0.05) is 40.7 Å². The van der Waals surface area contributed by atoms with E-state index in [1.54, 1.807) is 0 Å². The molecule has 5 heteroatoms. The normalized spacial score (nSPS) is 12.4. The molecule has 0 amide bonds. The molecule has 2 aromatic carbocycles. The molecule has 1 nitrogen and oxygen atoms in total. The molecule has 0 heterocycles. The Balaban J connectivity index is 2.33. The van der Waals surface area contributed by atoms with Gasteiger partial charge in [0, 0.05) is 15.4 Å². The second-order valence-electron chi connectivity index (χ2n) is 4.80. The average molecular weight is 372 g/mol. The predicted octanol–water partition coefficient (Wildman–Crippen LogP) is 5.16. The molecule has 1 unspecified atom stereocenters. The van der Waals surface area contributed by atoms with Crippen molar-refractivity contribution >= 4 is 27.7 Å². The number of benzene rings is 2. The molecule has 0 aromatic heterocycles. The van der Waals surface area contributed by atoms with Gasteiger partial charge < -0.3 is 5.73 Å². The fourth-order valence-corrected chi connectivity index (χ4v) is 3.45. The quantitative estimate of drug-likeness (QED) is 0.785. The molecule has 0 aliphatic heterocycles. The van der Waals surface area contributed by atoms with E-state index in [1.165, 1.54) is 17.8 Å². The van der Waals surface area contributed by atoms with Crippen molar-refractivity contribution in [2.24, 2.45) is 5.73 Å². The lowest BCUT2D eigenvalue weighted by Crippen LogP contribution is -2.21. The summed E-state index contributed by atoms with van der Waals surface area (Å²) in [5.41, 5.74) is 7.05. The van der Waals surface area contributed by atoms with Crippen LogP contribution < -0.4 is 5.73 Å². The van der Waals surface area contributed by atoms with E-state index in [9.17, 15) is 8.78 Å². The van der Waals surface area contributed by atoms with Gasteiger partial charge in [-0.3, -0.25) is 0 Å². The van der Waals surface area contributed by atoms with Crippen molar-refractivity contribution in [1.82, 2.24) is 0 Å². The summed E-state index contributed by atoms with van der Waals surface area (Å²) in [5.74, 6) is -0.868. The minimum atomic E-state index is -0.444. The molecule has 2 aromatic rings. The van der Waals surface area contributed by atoms with Crippen LogP contribution >= 0.6 is 27.7 Å². The SMILES string of the molecule is CCC(N)Cc1ccc(Br)cc1Sc1cc(F)ccc1F. The standard InChI is InChI=1S/C16H16BrF2NS/c1-2-13(20)7-10-3-4-11(17)8-15(10)21-16-9-12(18)5-6-14(16)19/h3-6,8-9,13H,2,7,20H2,1H3. The van der Waals surface area contributed by atoms with Gasteiger partial charge in [0.15, 0.2) is 0 Å². The second-order valence-corrected chi connectivity index (χ2v) is 6.80. The Bertz CT molecular complexity index is 634. The molecule has 0 saturated carbocycles. The smallest absolute Gasteiger partial charge is 0.137 e. The molecule has 0 aliphatic carbocycles. The van der Waals surface area contributed by atoms with E-state index in [-0.39, 0.29) is 10.9 Å². The number of hydrogen-bond donors (Lipinski definition) is 1. The molecule has 1 atom stereocenters. The first-order valence-electron chi connectivity index (χ1n) is 6.66. The minimum absolute atomic E-state index is 0.0582. The lowest BCUT2D eigenvalue weighted by atomic mass is 10.1. The number of halogens is 3. The fourth-order valence-electron chi connectivity index (χ4n) is 1.89. The topological polar surface area (TPSA) is 26.0 Å². The van der Waals surface area contributed by atoms with Gasteiger partial charge in [0.1, 0.15) is 11.6 Å². The first kappa shape index (κ1) is 16.5. The number of rotatable bonds is 5. The van der Waals surface area contributed by atoms with Gasteiger partial charge in [-0.15, -0.1) is 0 Å². The highest BCUT2D eigenvalue weighted by molar-refractivity contribution is 9.10. The molecular formula is C16H16BrF2NS. The van der Waals surface area contributed by atoms with Crippen LogP contribution in [0.15, 0.2) is 50.7 Å². The highest BCUT2D eigenvalue weighted by Crippen LogP contribution is 2.35. The van der Waals surface area contributed by atoms with E-state index >= 15 is 0 Å². The van der Waals surface area contributed by atoms with E-state index in [0.29, 0.717) is 6.42 Å². The molecule has 112 valence electrons. The third-order valence-electron chi connectivity index (χ3n) is 3.15. The maximum absolute atomic E-state index is 13.8. The molecule has 0 fully saturated rings. The summed E-state index contributed by atoms with van der Waals surface area (Å²) in [6, 6.07) is 9.35. The highest BCUT2D eigenvalue weighted by Gasteiger charge is 2.12. The van der Waals surface area contributed by atoms with Crippen molar-refractivity contribution in [1.29, 1.82) is 0 Å². The van der Waals surface area contributed by atoms with Gasteiger partial charge in [0.05, 0.1) is 4.90 Å². The summed E-state index contributed by atoms with van der Waals surface area (Å²) < 4.78 is 28.0. The van der Waals surface area contributed by atoms with Crippen LogP contribution in [0.2, 0.25) is 0 Å². The van der Waals surface area contributed by atoms with Crippen LogP contribution in [0.1, 0.15) is 18.9 Å². The summed E-state index contributed by atoms with van der Waals surface area (Å²) in [4.78, 5) is 1.16. The largest absolute Gasteiger partial charge is 0.327 e. The van der Waals surface area contributed by atoms with E-state index in [4.69, 9.17) is 5.73 Å². The average Bonchev–Trinajstić information content (AvgIpc) is 2.45. The summed E-state index contributed by atoms with van der Waals surface area (Å²) >= 11 is 4.63. The first-order chi connectivity index (χ1) is 9.99. The van der Waals surface area contributed by atoms with Crippen LogP contribution in [-0.4, -0.2) is 6.04 Å². The molecule has 0 saturated heterocycles. The number of nitrogens with two attached hydrogens (primary N) is 1. The summed E-state index contributed by atoms with van der Waals surface area (Å²) in [6.45, 7) is 2.03. The van der Waals surface area contributed by atoms with Gasteiger partial charge in [-0.2, -0.15) is 0 Å². The lowest BCUT2D eigenvalue weighted by Gasteiger charge is -2.14. The molecule has 0 spiro atoms. The van der Waals surface area contributed by atoms with Crippen molar-refractivity contribution in [3.8, 4) is 0 Å². The third-order valence-corrected chi connectivity index (χ3v) is 4.77. The molecule has 2 rings (SSSR count). The summed E-state index contributed by atoms with van der Waals surface area (Å²) in [6.07, 6.45) is 1.58. The van der Waals surface area contributed by atoms with Gasteiger partial charge in [0.25, 0.3) is 0 Å². The van der Waals surface area contributed by atoms with E-state index in [0.717, 1.165) is 33.5 Å². The van der Waals surface area contributed by atoms with Crippen molar-refractivity contribution in [3.63, 3.8) is 0 Å². The molecular weight excluding hydrogens is 356 g/mol. The van der Waals surface area contributed by atoms with Crippen molar-refractivity contribution < 1.29 is 8.78 Å². The van der Waals surface area contributed by atoms with Crippen LogP contribution in [0, 0.1) is 11.6 Å². The molecule has 0 bridgehead atoms. The Kier molecular flexibility index (Phi) is 5.79. The molecule has 0 radical (unpaired) electrons. The monoisotopic (exact) mass is 371 g/mol. The molecule has 2 N–H and O–H groups in total. The Hall–Kier alpha value is -0.910. The molecule has 0 aliphatic rings. The van der Waals surface area contributed by atoms with Crippen molar-refractivity contribution in [2.75, 3.05) is 0 Å². The zero-order chi connectivity index (χ0) is 15.4. The van der Waals surface area contributed by atoms with E-state index in [1.807, 2.05) is 25.1 Å². The van der Waals surface area contributed by atoms with E-state index in [2.05, 4.69) is 15.9 Å². The lowest BCUT2D eigenvalue weighted by molar-refractivity contribution is 0.577. The first-order valence-corrected chi connectivity index (χ1v) is 8.27. The zero-order valence-corrected chi connectivity index (χ0v) is 14.0. The summed E-state index contributed by atoms with van der Waals surface area (Å²) in [5, 5.41) is 0. The maximum atomic E-state index is 13.8. The van der Waals surface area contributed by atoms with Crippen molar-refractivity contribution in [3.05, 3.63) is 58.1 Å². The van der Waals surface area contributed by atoms with Crippen LogP contribution in [-0.2, 0) is 6.42 Å². The molecule has 21 heavy (non-hydrogen) atoms. The fraction of sp³-hybridized carbons (Fsp3) is 0.250. The maximum Gasteiger partial charge on any atom is 0.137 e. The Morgan fingerprint density at radius 3 is 2.62 bits per heavy atom. The highest BCUT2D eigenvalue weighted by atomic mass is 79.9.